The molecule has 0 radical (unpaired) electrons. The third kappa shape index (κ3) is 4.20. The number of nitrogens with one attached hydrogen (secondary N) is 1. The van der Waals surface area contributed by atoms with E-state index in [1.165, 1.54) is 0 Å². The predicted molar refractivity (Wildman–Crippen MR) is 96.5 cm³/mol. The zero-order valence-electron chi connectivity index (χ0n) is 15.2. The highest BCUT2D eigenvalue weighted by Crippen LogP contribution is 2.36. The molecule has 0 saturated heterocycles. The summed E-state index contributed by atoms with van der Waals surface area (Å²) in [5.41, 5.74) is 2.26. The van der Waals surface area contributed by atoms with E-state index in [2.05, 4.69) is 5.32 Å². The standard InChI is InChI=1S/C20H22FNO4/c1-11(2)16-9-15(10-17(21)18(16)24)26-19-12(3)7-14(8-13(19)4)20(25)22-5-6-23/h6-11,24H,5H2,1-4H3,(H,22,25). The number of phenolic OH excluding ortho intramolecular Hbond substituents is 1. The number of hydrogen-bond donors (Lipinski definition) is 2. The molecule has 0 bridgehead atoms. The van der Waals surface area contributed by atoms with Crippen molar-refractivity contribution in [2.24, 2.45) is 0 Å². The second kappa shape index (κ2) is 7.99. The van der Waals surface area contributed by atoms with Gasteiger partial charge in [-0.3, -0.25) is 4.79 Å². The fourth-order valence-corrected chi connectivity index (χ4v) is 2.69. The van der Waals surface area contributed by atoms with E-state index in [4.69, 9.17) is 4.74 Å². The van der Waals surface area contributed by atoms with Gasteiger partial charge in [0.25, 0.3) is 5.91 Å². The third-order valence-electron chi connectivity index (χ3n) is 3.98. The maximum atomic E-state index is 14.0. The number of aromatic hydroxyl groups is 1. The lowest BCUT2D eigenvalue weighted by Gasteiger charge is -2.16. The molecule has 5 nitrogen and oxygen atoms in total. The van der Waals surface area contributed by atoms with Gasteiger partial charge in [-0.15, -0.1) is 0 Å². The number of ether oxygens (including phenoxy) is 1. The molecule has 0 saturated carbocycles. The van der Waals surface area contributed by atoms with Gasteiger partial charge < -0.3 is 20.0 Å². The second-order valence-electron chi connectivity index (χ2n) is 6.42. The Balaban J connectivity index is 2.36. The Labute approximate surface area is 151 Å². The summed E-state index contributed by atoms with van der Waals surface area (Å²) in [6.07, 6.45) is 0.612. The van der Waals surface area contributed by atoms with Crippen LogP contribution < -0.4 is 10.1 Å². The van der Waals surface area contributed by atoms with E-state index in [1.54, 1.807) is 32.0 Å². The van der Waals surface area contributed by atoms with Gasteiger partial charge in [0.15, 0.2) is 11.6 Å². The summed E-state index contributed by atoms with van der Waals surface area (Å²) in [6, 6.07) is 6.02. The minimum atomic E-state index is -0.744. The first-order valence-corrected chi connectivity index (χ1v) is 8.28. The fraction of sp³-hybridized carbons (Fsp3) is 0.300. The predicted octanol–water partition coefficient (Wildman–Crippen LogP) is 3.99. The lowest BCUT2D eigenvalue weighted by molar-refractivity contribution is -0.107. The molecule has 1 amide bonds. The molecule has 2 rings (SSSR count). The Morgan fingerprint density at radius 2 is 1.85 bits per heavy atom. The Kier molecular flexibility index (Phi) is 5.97. The fourth-order valence-electron chi connectivity index (χ4n) is 2.69. The van der Waals surface area contributed by atoms with Crippen LogP contribution in [0.1, 0.15) is 46.8 Å². The molecule has 2 aromatic carbocycles. The van der Waals surface area contributed by atoms with E-state index in [-0.39, 0.29) is 29.9 Å². The van der Waals surface area contributed by atoms with Crippen LogP contribution in [0.4, 0.5) is 4.39 Å². The van der Waals surface area contributed by atoms with E-state index in [0.29, 0.717) is 34.3 Å². The first-order chi connectivity index (χ1) is 12.2. The third-order valence-corrected chi connectivity index (χ3v) is 3.98. The highest BCUT2D eigenvalue weighted by molar-refractivity contribution is 5.95. The quantitative estimate of drug-likeness (QED) is 0.765. The zero-order valence-corrected chi connectivity index (χ0v) is 15.2. The van der Waals surface area contributed by atoms with Crippen molar-refractivity contribution < 1.29 is 23.8 Å². The van der Waals surface area contributed by atoms with E-state index >= 15 is 0 Å². The van der Waals surface area contributed by atoms with Crippen LogP contribution in [0.15, 0.2) is 24.3 Å². The number of hydrogen-bond acceptors (Lipinski definition) is 4. The summed E-state index contributed by atoms with van der Waals surface area (Å²) in [5.74, 6) is -0.758. The molecule has 0 aromatic heterocycles. The molecule has 2 N–H and O–H groups in total. The molecule has 0 aliphatic carbocycles. The van der Waals surface area contributed by atoms with Gasteiger partial charge in [-0.05, 0) is 49.1 Å². The Morgan fingerprint density at radius 3 is 2.38 bits per heavy atom. The van der Waals surface area contributed by atoms with Gasteiger partial charge in [-0.2, -0.15) is 0 Å². The van der Waals surface area contributed by atoms with Crippen LogP contribution in [0.5, 0.6) is 17.2 Å². The van der Waals surface area contributed by atoms with Crippen molar-refractivity contribution in [2.75, 3.05) is 6.54 Å². The normalized spacial score (nSPS) is 10.7. The van der Waals surface area contributed by atoms with Crippen molar-refractivity contribution >= 4 is 12.2 Å². The number of halogens is 1. The minimum Gasteiger partial charge on any atom is -0.505 e. The SMILES string of the molecule is Cc1cc(C(=O)NCC=O)cc(C)c1Oc1cc(F)c(O)c(C(C)C)c1. The highest BCUT2D eigenvalue weighted by atomic mass is 19.1. The molecular formula is C20H22FNO4. The average molecular weight is 359 g/mol. The Hall–Kier alpha value is -2.89. The van der Waals surface area contributed by atoms with Gasteiger partial charge >= 0.3 is 0 Å². The first kappa shape index (κ1) is 19.4. The number of rotatable bonds is 6. The smallest absolute Gasteiger partial charge is 0.251 e. The second-order valence-corrected chi connectivity index (χ2v) is 6.42. The number of carbonyl (C=O) groups excluding carboxylic acids is 2. The molecule has 138 valence electrons. The van der Waals surface area contributed by atoms with Crippen LogP contribution in [-0.2, 0) is 4.79 Å². The summed E-state index contributed by atoms with van der Waals surface area (Å²) in [6.45, 7) is 7.20. The number of benzene rings is 2. The largest absolute Gasteiger partial charge is 0.505 e. The Bertz CT molecular complexity index is 823. The van der Waals surface area contributed by atoms with Gasteiger partial charge in [0.05, 0.1) is 6.54 Å². The molecule has 0 heterocycles. The molecule has 0 unspecified atom stereocenters. The Morgan fingerprint density at radius 1 is 1.23 bits per heavy atom. The molecule has 0 aliphatic heterocycles. The molecule has 0 fully saturated rings. The highest BCUT2D eigenvalue weighted by Gasteiger charge is 2.16. The van der Waals surface area contributed by atoms with E-state index in [0.717, 1.165) is 6.07 Å². The minimum absolute atomic E-state index is 0.0556. The molecular weight excluding hydrogens is 337 g/mol. The molecule has 0 atom stereocenters. The number of aryl methyl sites for hydroxylation is 2. The van der Waals surface area contributed by atoms with E-state index in [9.17, 15) is 19.1 Å². The van der Waals surface area contributed by atoms with Crippen LogP contribution in [0.3, 0.4) is 0 Å². The lowest BCUT2D eigenvalue weighted by Crippen LogP contribution is -2.25. The van der Waals surface area contributed by atoms with Crippen molar-refractivity contribution in [3.8, 4) is 17.2 Å². The van der Waals surface area contributed by atoms with Crippen molar-refractivity contribution in [3.05, 3.63) is 52.3 Å². The van der Waals surface area contributed by atoms with Crippen LogP contribution in [0, 0.1) is 19.7 Å². The summed E-state index contributed by atoms with van der Waals surface area (Å²) in [7, 11) is 0. The first-order valence-electron chi connectivity index (χ1n) is 8.28. The van der Waals surface area contributed by atoms with Gasteiger partial charge in [-0.1, -0.05) is 13.8 Å². The van der Waals surface area contributed by atoms with Crippen LogP contribution >= 0.6 is 0 Å². The van der Waals surface area contributed by atoms with Crippen molar-refractivity contribution in [1.29, 1.82) is 0 Å². The van der Waals surface area contributed by atoms with Crippen LogP contribution in [0.2, 0.25) is 0 Å². The molecule has 2 aromatic rings. The number of aldehydes is 1. The summed E-state index contributed by atoms with van der Waals surface area (Å²) >= 11 is 0. The molecule has 6 heteroatoms. The maximum absolute atomic E-state index is 14.0. The number of carbonyl (C=O) groups is 2. The maximum Gasteiger partial charge on any atom is 0.251 e. The zero-order chi connectivity index (χ0) is 19.4. The van der Waals surface area contributed by atoms with Crippen molar-refractivity contribution in [3.63, 3.8) is 0 Å². The van der Waals surface area contributed by atoms with Gasteiger partial charge in [0.1, 0.15) is 17.8 Å². The van der Waals surface area contributed by atoms with Gasteiger partial charge in [0.2, 0.25) is 0 Å². The number of amides is 1. The summed E-state index contributed by atoms with van der Waals surface area (Å²) < 4.78 is 19.8. The molecule has 26 heavy (non-hydrogen) atoms. The van der Waals surface area contributed by atoms with E-state index < -0.39 is 5.82 Å². The topological polar surface area (TPSA) is 75.6 Å². The molecule has 0 aliphatic rings. The van der Waals surface area contributed by atoms with Crippen molar-refractivity contribution in [1.82, 2.24) is 5.32 Å². The monoisotopic (exact) mass is 359 g/mol. The average Bonchev–Trinajstić information content (AvgIpc) is 2.58. The van der Waals surface area contributed by atoms with Crippen molar-refractivity contribution in [2.45, 2.75) is 33.6 Å². The summed E-state index contributed by atoms with van der Waals surface area (Å²) in [5, 5.41) is 12.3. The van der Waals surface area contributed by atoms with Gasteiger partial charge in [0, 0.05) is 17.2 Å². The van der Waals surface area contributed by atoms with Crippen LogP contribution in [0.25, 0.3) is 0 Å². The van der Waals surface area contributed by atoms with E-state index in [1.807, 2.05) is 13.8 Å². The summed E-state index contributed by atoms with van der Waals surface area (Å²) in [4.78, 5) is 22.4. The van der Waals surface area contributed by atoms with Gasteiger partial charge in [-0.25, -0.2) is 4.39 Å². The van der Waals surface area contributed by atoms with Crippen LogP contribution in [-0.4, -0.2) is 23.8 Å². The molecule has 0 spiro atoms. The number of phenols is 1. The lowest BCUT2D eigenvalue weighted by atomic mass is 10.0.